The Morgan fingerprint density at radius 3 is 2.50 bits per heavy atom. The smallest absolute Gasteiger partial charge is 0.272 e. The standard InChI is InChI=1S/C21H21N3O2/c1-23-19(14-18(22-23)16-8-4-2-5-9-16)21(25)24-12-13-26-20(15-24)17-10-6-3-7-11-17/h2-11,14,20H,12-13,15H2,1H3/t20-/m1/s1. The summed E-state index contributed by atoms with van der Waals surface area (Å²) in [7, 11) is 1.81. The number of aromatic nitrogens is 2. The van der Waals surface area contributed by atoms with Gasteiger partial charge in [0.2, 0.25) is 0 Å². The predicted octanol–water partition coefficient (Wildman–Crippen LogP) is 3.30. The molecule has 0 saturated carbocycles. The molecule has 1 aliphatic rings. The van der Waals surface area contributed by atoms with E-state index in [-0.39, 0.29) is 12.0 Å². The molecule has 0 aliphatic carbocycles. The van der Waals surface area contributed by atoms with Crippen molar-refractivity contribution in [2.45, 2.75) is 6.10 Å². The second kappa shape index (κ2) is 7.14. The Morgan fingerprint density at radius 2 is 1.77 bits per heavy atom. The summed E-state index contributed by atoms with van der Waals surface area (Å²) in [5, 5.41) is 4.51. The lowest BCUT2D eigenvalue weighted by Gasteiger charge is -2.33. The number of ether oxygens (including phenoxy) is 1. The normalized spacial score (nSPS) is 17.3. The van der Waals surface area contributed by atoms with Crippen LogP contribution in [0.4, 0.5) is 0 Å². The molecule has 0 radical (unpaired) electrons. The number of hydrogen-bond acceptors (Lipinski definition) is 3. The highest BCUT2D eigenvalue weighted by atomic mass is 16.5. The molecule has 1 saturated heterocycles. The van der Waals surface area contributed by atoms with E-state index in [2.05, 4.69) is 5.10 Å². The maximum atomic E-state index is 13.1. The molecule has 5 nitrogen and oxygen atoms in total. The van der Waals surface area contributed by atoms with Crippen molar-refractivity contribution in [1.82, 2.24) is 14.7 Å². The van der Waals surface area contributed by atoms with Crippen molar-refractivity contribution in [3.63, 3.8) is 0 Å². The molecule has 0 spiro atoms. The molecule has 26 heavy (non-hydrogen) atoms. The fraction of sp³-hybridized carbons (Fsp3) is 0.238. The van der Waals surface area contributed by atoms with Crippen molar-refractivity contribution in [2.24, 2.45) is 7.05 Å². The lowest BCUT2D eigenvalue weighted by atomic mass is 10.1. The molecule has 1 aromatic heterocycles. The van der Waals surface area contributed by atoms with Crippen LogP contribution in [-0.2, 0) is 11.8 Å². The third-order valence-corrected chi connectivity index (χ3v) is 4.69. The minimum absolute atomic E-state index is 0.00795. The molecule has 1 fully saturated rings. The highest BCUT2D eigenvalue weighted by Crippen LogP contribution is 2.24. The summed E-state index contributed by atoms with van der Waals surface area (Å²) >= 11 is 0. The van der Waals surface area contributed by atoms with Crippen molar-refractivity contribution in [3.05, 3.63) is 78.0 Å². The largest absolute Gasteiger partial charge is 0.370 e. The van der Waals surface area contributed by atoms with E-state index in [1.165, 1.54) is 0 Å². The first-order chi connectivity index (χ1) is 12.7. The summed E-state index contributed by atoms with van der Waals surface area (Å²) in [6.07, 6.45) is -0.0873. The van der Waals surface area contributed by atoms with E-state index in [4.69, 9.17) is 4.74 Å². The Kier molecular flexibility index (Phi) is 4.54. The van der Waals surface area contributed by atoms with E-state index < -0.39 is 0 Å². The number of nitrogens with zero attached hydrogens (tertiary/aromatic N) is 3. The Balaban J connectivity index is 1.55. The first kappa shape index (κ1) is 16.5. The van der Waals surface area contributed by atoms with Crippen molar-refractivity contribution in [2.75, 3.05) is 19.7 Å². The van der Waals surface area contributed by atoms with Gasteiger partial charge in [0.15, 0.2) is 0 Å². The Hall–Kier alpha value is -2.92. The molecule has 0 unspecified atom stereocenters. The van der Waals surface area contributed by atoms with Gasteiger partial charge in [-0.3, -0.25) is 9.48 Å². The van der Waals surface area contributed by atoms with Gasteiger partial charge in [0, 0.05) is 19.2 Å². The number of rotatable bonds is 3. The van der Waals surface area contributed by atoms with Crippen LogP contribution in [0.2, 0.25) is 0 Å². The van der Waals surface area contributed by atoms with E-state index in [9.17, 15) is 4.79 Å². The van der Waals surface area contributed by atoms with Crippen LogP contribution in [0.3, 0.4) is 0 Å². The number of aryl methyl sites for hydroxylation is 1. The first-order valence-electron chi connectivity index (χ1n) is 8.77. The average molecular weight is 347 g/mol. The first-order valence-corrected chi connectivity index (χ1v) is 8.77. The van der Waals surface area contributed by atoms with Gasteiger partial charge in [-0.25, -0.2) is 0 Å². The molecule has 0 N–H and O–H groups in total. The maximum Gasteiger partial charge on any atom is 0.272 e. The third-order valence-electron chi connectivity index (χ3n) is 4.69. The van der Waals surface area contributed by atoms with Gasteiger partial charge in [-0.1, -0.05) is 60.7 Å². The number of amides is 1. The quantitative estimate of drug-likeness (QED) is 0.730. The zero-order chi connectivity index (χ0) is 17.9. The Morgan fingerprint density at radius 1 is 1.08 bits per heavy atom. The molecular formula is C21H21N3O2. The zero-order valence-electron chi connectivity index (χ0n) is 14.7. The summed E-state index contributed by atoms with van der Waals surface area (Å²) in [5.41, 5.74) is 3.51. The number of benzene rings is 2. The fourth-order valence-corrected chi connectivity index (χ4v) is 3.28. The lowest BCUT2D eigenvalue weighted by molar-refractivity contribution is -0.0231. The van der Waals surface area contributed by atoms with E-state index in [0.717, 1.165) is 16.8 Å². The monoisotopic (exact) mass is 347 g/mol. The third kappa shape index (κ3) is 3.26. The molecule has 5 heteroatoms. The lowest BCUT2D eigenvalue weighted by Crippen LogP contribution is -2.42. The second-order valence-corrected chi connectivity index (χ2v) is 6.43. The minimum atomic E-state index is -0.0873. The van der Waals surface area contributed by atoms with Crippen LogP contribution in [0.1, 0.15) is 22.2 Å². The van der Waals surface area contributed by atoms with E-state index in [0.29, 0.717) is 25.4 Å². The van der Waals surface area contributed by atoms with Crippen LogP contribution in [0.5, 0.6) is 0 Å². The molecular weight excluding hydrogens is 326 g/mol. The topological polar surface area (TPSA) is 47.4 Å². The summed E-state index contributed by atoms with van der Waals surface area (Å²) in [4.78, 5) is 14.9. The van der Waals surface area contributed by atoms with Crippen LogP contribution in [0.25, 0.3) is 11.3 Å². The average Bonchev–Trinajstić information content (AvgIpc) is 3.10. The van der Waals surface area contributed by atoms with E-state index in [1.54, 1.807) is 4.68 Å². The summed E-state index contributed by atoms with van der Waals surface area (Å²) < 4.78 is 7.53. The SMILES string of the molecule is Cn1nc(-c2ccccc2)cc1C(=O)N1CCO[C@@H](c2ccccc2)C1. The minimum Gasteiger partial charge on any atom is -0.370 e. The Bertz CT molecular complexity index is 890. The van der Waals surface area contributed by atoms with Crippen molar-refractivity contribution in [3.8, 4) is 11.3 Å². The molecule has 1 amide bonds. The summed E-state index contributed by atoms with van der Waals surface area (Å²) in [5.74, 6) is -0.00795. The highest BCUT2D eigenvalue weighted by molar-refractivity contribution is 5.93. The molecule has 2 aromatic carbocycles. The van der Waals surface area contributed by atoms with Crippen molar-refractivity contribution >= 4 is 5.91 Å². The molecule has 0 bridgehead atoms. The summed E-state index contributed by atoms with van der Waals surface area (Å²) in [6.45, 7) is 1.68. The van der Waals surface area contributed by atoms with Gasteiger partial charge in [0.05, 0.1) is 18.8 Å². The Labute approximate surface area is 152 Å². The molecule has 132 valence electrons. The van der Waals surface area contributed by atoms with Gasteiger partial charge in [-0.2, -0.15) is 5.10 Å². The second-order valence-electron chi connectivity index (χ2n) is 6.43. The van der Waals surface area contributed by atoms with Crippen LogP contribution in [0, 0.1) is 0 Å². The van der Waals surface area contributed by atoms with Crippen molar-refractivity contribution in [1.29, 1.82) is 0 Å². The fourth-order valence-electron chi connectivity index (χ4n) is 3.28. The van der Waals surface area contributed by atoms with Crippen LogP contribution in [-0.4, -0.2) is 40.3 Å². The van der Waals surface area contributed by atoms with Crippen LogP contribution in [0.15, 0.2) is 66.7 Å². The van der Waals surface area contributed by atoms with Crippen LogP contribution >= 0.6 is 0 Å². The molecule has 2 heterocycles. The van der Waals surface area contributed by atoms with Crippen LogP contribution < -0.4 is 0 Å². The number of carbonyl (C=O) groups excluding carboxylic acids is 1. The van der Waals surface area contributed by atoms with E-state index in [1.807, 2.05) is 78.7 Å². The van der Waals surface area contributed by atoms with Gasteiger partial charge in [-0.05, 0) is 11.6 Å². The molecule has 4 rings (SSSR count). The molecule has 3 aromatic rings. The van der Waals surface area contributed by atoms with Gasteiger partial charge in [0.25, 0.3) is 5.91 Å². The molecule has 1 atom stereocenters. The summed E-state index contributed by atoms with van der Waals surface area (Å²) in [6, 6.07) is 21.8. The molecule has 1 aliphatic heterocycles. The number of morpholine rings is 1. The van der Waals surface area contributed by atoms with Gasteiger partial charge >= 0.3 is 0 Å². The van der Waals surface area contributed by atoms with Gasteiger partial charge in [0.1, 0.15) is 11.8 Å². The van der Waals surface area contributed by atoms with Gasteiger partial charge < -0.3 is 9.64 Å². The predicted molar refractivity (Wildman–Crippen MR) is 99.7 cm³/mol. The highest BCUT2D eigenvalue weighted by Gasteiger charge is 2.28. The maximum absolute atomic E-state index is 13.1. The van der Waals surface area contributed by atoms with Gasteiger partial charge in [-0.15, -0.1) is 0 Å². The number of hydrogen-bond donors (Lipinski definition) is 0. The zero-order valence-corrected chi connectivity index (χ0v) is 14.7. The number of carbonyl (C=O) groups is 1. The van der Waals surface area contributed by atoms with Crippen molar-refractivity contribution < 1.29 is 9.53 Å². The van der Waals surface area contributed by atoms with E-state index >= 15 is 0 Å².